The van der Waals surface area contributed by atoms with Crippen LogP contribution in [0.3, 0.4) is 0 Å². The molecular weight excluding hydrogens is 174 g/mol. The van der Waals surface area contributed by atoms with Crippen LogP contribution in [0.2, 0.25) is 0 Å². The predicted molar refractivity (Wildman–Crippen MR) is 56.9 cm³/mol. The lowest BCUT2D eigenvalue weighted by Crippen LogP contribution is -2.36. The first-order valence-corrected chi connectivity index (χ1v) is 5.78. The maximum atomic E-state index is 11.3. The van der Waals surface area contributed by atoms with E-state index in [0.29, 0.717) is 18.1 Å². The molecule has 78 valence electrons. The van der Waals surface area contributed by atoms with Gasteiger partial charge in [-0.25, -0.2) is 0 Å². The third-order valence-corrected chi connectivity index (χ3v) is 3.27. The standard InChI is InChI=1S/C12H19NO/c1-2-7-13-8-3-4-10-9-11(14)5-6-12(10)13/h6,10H,2-5,7-9H2,1H3. The second-order valence-corrected chi connectivity index (χ2v) is 4.40. The number of Topliss-reactive ketones (excluding diaryl/α,β-unsaturated/α-hetero) is 1. The summed E-state index contributed by atoms with van der Waals surface area (Å²) in [7, 11) is 0. The largest absolute Gasteiger partial charge is 0.375 e. The van der Waals surface area contributed by atoms with E-state index in [9.17, 15) is 4.79 Å². The number of likely N-dealkylation sites (tertiary alicyclic amines) is 1. The molecule has 1 atom stereocenters. The van der Waals surface area contributed by atoms with Crippen LogP contribution in [0.25, 0.3) is 0 Å². The van der Waals surface area contributed by atoms with Gasteiger partial charge in [-0.15, -0.1) is 0 Å². The summed E-state index contributed by atoms with van der Waals surface area (Å²) >= 11 is 0. The summed E-state index contributed by atoms with van der Waals surface area (Å²) in [5.74, 6) is 0.980. The van der Waals surface area contributed by atoms with Gasteiger partial charge in [0.05, 0.1) is 0 Å². The number of piperidine rings is 1. The average Bonchev–Trinajstić information content (AvgIpc) is 2.18. The molecule has 1 saturated heterocycles. The lowest BCUT2D eigenvalue weighted by atomic mass is 9.84. The van der Waals surface area contributed by atoms with Gasteiger partial charge in [0.1, 0.15) is 5.78 Å². The van der Waals surface area contributed by atoms with Crippen molar-refractivity contribution in [2.45, 2.75) is 39.0 Å². The molecule has 2 nitrogen and oxygen atoms in total. The molecule has 2 aliphatic rings. The second kappa shape index (κ2) is 4.16. The van der Waals surface area contributed by atoms with E-state index >= 15 is 0 Å². The van der Waals surface area contributed by atoms with Crippen LogP contribution in [0.15, 0.2) is 11.8 Å². The lowest BCUT2D eigenvalue weighted by Gasteiger charge is -2.38. The first-order chi connectivity index (χ1) is 6.81. The molecule has 0 aromatic heterocycles. The number of hydrogen-bond donors (Lipinski definition) is 0. The highest BCUT2D eigenvalue weighted by molar-refractivity contribution is 5.81. The van der Waals surface area contributed by atoms with Crippen molar-refractivity contribution < 1.29 is 4.79 Å². The second-order valence-electron chi connectivity index (χ2n) is 4.40. The van der Waals surface area contributed by atoms with Gasteiger partial charge in [-0.3, -0.25) is 4.79 Å². The summed E-state index contributed by atoms with van der Waals surface area (Å²) in [5.41, 5.74) is 1.47. The molecule has 0 N–H and O–H groups in total. The fourth-order valence-electron chi connectivity index (χ4n) is 2.65. The van der Waals surface area contributed by atoms with E-state index in [-0.39, 0.29) is 0 Å². The van der Waals surface area contributed by atoms with Crippen LogP contribution in [0, 0.1) is 5.92 Å². The number of rotatable bonds is 2. The van der Waals surface area contributed by atoms with Gasteiger partial charge in [-0.05, 0) is 19.3 Å². The van der Waals surface area contributed by atoms with E-state index in [1.807, 2.05) is 0 Å². The number of allylic oxidation sites excluding steroid dienone is 2. The molecule has 0 radical (unpaired) electrons. The van der Waals surface area contributed by atoms with Crippen molar-refractivity contribution in [1.29, 1.82) is 0 Å². The molecule has 1 heterocycles. The zero-order valence-electron chi connectivity index (χ0n) is 8.96. The van der Waals surface area contributed by atoms with Crippen LogP contribution in [0.4, 0.5) is 0 Å². The maximum Gasteiger partial charge on any atom is 0.137 e. The Morgan fingerprint density at radius 2 is 2.43 bits per heavy atom. The zero-order valence-corrected chi connectivity index (χ0v) is 8.96. The van der Waals surface area contributed by atoms with Gasteiger partial charge in [-0.1, -0.05) is 13.0 Å². The molecule has 2 heteroatoms. The minimum absolute atomic E-state index is 0.428. The van der Waals surface area contributed by atoms with Crippen molar-refractivity contribution in [3.8, 4) is 0 Å². The third kappa shape index (κ3) is 1.84. The van der Waals surface area contributed by atoms with E-state index < -0.39 is 0 Å². The Hall–Kier alpha value is -0.790. The topological polar surface area (TPSA) is 20.3 Å². The summed E-state index contributed by atoms with van der Waals surface area (Å²) in [4.78, 5) is 13.8. The molecule has 0 bridgehead atoms. The Morgan fingerprint density at radius 1 is 1.57 bits per heavy atom. The van der Waals surface area contributed by atoms with Crippen molar-refractivity contribution in [2.75, 3.05) is 13.1 Å². The van der Waals surface area contributed by atoms with Gasteiger partial charge < -0.3 is 4.90 Å². The molecule has 14 heavy (non-hydrogen) atoms. The molecule has 1 fully saturated rings. The first-order valence-electron chi connectivity index (χ1n) is 5.78. The summed E-state index contributed by atoms with van der Waals surface area (Å²) in [6.07, 6.45) is 7.33. The Labute approximate surface area is 86.0 Å². The SMILES string of the molecule is CCCN1CCCC2CC(=O)CC=C21. The van der Waals surface area contributed by atoms with Crippen LogP contribution in [0.5, 0.6) is 0 Å². The van der Waals surface area contributed by atoms with Crippen LogP contribution in [0.1, 0.15) is 39.0 Å². The van der Waals surface area contributed by atoms with Crippen LogP contribution in [-0.2, 0) is 4.79 Å². The molecule has 0 aromatic rings. The summed E-state index contributed by atoms with van der Waals surface area (Å²) < 4.78 is 0. The highest BCUT2D eigenvalue weighted by atomic mass is 16.1. The van der Waals surface area contributed by atoms with Crippen molar-refractivity contribution >= 4 is 5.78 Å². The van der Waals surface area contributed by atoms with E-state index in [4.69, 9.17) is 0 Å². The highest BCUT2D eigenvalue weighted by Crippen LogP contribution is 2.33. The quantitative estimate of drug-likeness (QED) is 0.671. The Morgan fingerprint density at radius 3 is 3.21 bits per heavy atom. The van der Waals surface area contributed by atoms with Crippen molar-refractivity contribution in [1.82, 2.24) is 4.90 Å². The molecule has 0 amide bonds. The molecule has 0 saturated carbocycles. The first kappa shape index (κ1) is 9.75. The molecule has 0 spiro atoms. The summed E-state index contributed by atoms with van der Waals surface area (Å²) in [6, 6.07) is 0. The number of carbonyl (C=O) groups excluding carboxylic acids is 1. The van der Waals surface area contributed by atoms with Crippen LogP contribution < -0.4 is 0 Å². The minimum atomic E-state index is 0.428. The van der Waals surface area contributed by atoms with E-state index in [0.717, 1.165) is 13.0 Å². The number of fused-ring (bicyclic) bond motifs is 1. The van der Waals surface area contributed by atoms with Crippen LogP contribution in [-0.4, -0.2) is 23.8 Å². The fourth-order valence-corrected chi connectivity index (χ4v) is 2.65. The van der Waals surface area contributed by atoms with Gasteiger partial charge in [0.25, 0.3) is 0 Å². The maximum absolute atomic E-state index is 11.3. The van der Waals surface area contributed by atoms with Crippen molar-refractivity contribution in [3.63, 3.8) is 0 Å². The Kier molecular flexibility index (Phi) is 2.90. The van der Waals surface area contributed by atoms with Crippen molar-refractivity contribution in [2.24, 2.45) is 5.92 Å². The van der Waals surface area contributed by atoms with Gasteiger partial charge in [0, 0.05) is 37.5 Å². The average molecular weight is 193 g/mol. The molecule has 1 unspecified atom stereocenters. The van der Waals surface area contributed by atoms with E-state index in [1.54, 1.807) is 0 Å². The monoisotopic (exact) mass is 193 g/mol. The summed E-state index contributed by atoms with van der Waals surface area (Å²) in [5, 5.41) is 0. The van der Waals surface area contributed by atoms with E-state index in [2.05, 4.69) is 17.9 Å². The zero-order chi connectivity index (χ0) is 9.97. The highest BCUT2D eigenvalue weighted by Gasteiger charge is 2.28. The fraction of sp³-hybridized carbons (Fsp3) is 0.750. The Balaban J connectivity index is 2.11. The third-order valence-electron chi connectivity index (χ3n) is 3.27. The minimum Gasteiger partial charge on any atom is -0.375 e. The van der Waals surface area contributed by atoms with E-state index in [1.165, 1.54) is 31.5 Å². The Bertz CT molecular complexity index is 255. The predicted octanol–water partition coefficient (Wildman–Crippen LogP) is 2.36. The summed E-state index contributed by atoms with van der Waals surface area (Å²) in [6.45, 7) is 4.58. The lowest BCUT2D eigenvalue weighted by molar-refractivity contribution is -0.119. The van der Waals surface area contributed by atoms with Gasteiger partial charge in [0.2, 0.25) is 0 Å². The van der Waals surface area contributed by atoms with Crippen molar-refractivity contribution in [3.05, 3.63) is 11.8 Å². The molecule has 0 aromatic carbocycles. The van der Waals surface area contributed by atoms with Crippen LogP contribution >= 0.6 is 0 Å². The van der Waals surface area contributed by atoms with Gasteiger partial charge in [-0.2, -0.15) is 0 Å². The smallest absolute Gasteiger partial charge is 0.137 e. The number of nitrogens with zero attached hydrogens (tertiary/aromatic N) is 1. The normalized spacial score (nSPS) is 27.2. The van der Waals surface area contributed by atoms with Gasteiger partial charge in [0.15, 0.2) is 0 Å². The molecule has 1 aliphatic heterocycles. The van der Waals surface area contributed by atoms with Gasteiger partial charge >= 0.3 is 0 Å². The number of carbonyl (C=O) groups is 1. The molecular formula is C12H19NO. The molecule has 2 rings (SSSR count). The number of ketones is 1. The number of hydrogen-bond acceptors (Lipinski definition) is 2. The molecule has 1 aliphatic carbocycles.